The van der Waals surface area contributed by atoms with Crippen LogP contribution in [-0.4, -0.2) is 56.1 Å². The Morgan fingerprint density at radius 1 is 0.903 bits per heavy atom. The smallest absolute Gasteiger partial charge is 0.226 e. The lowest BCUT2D eigenvalue weighted by Crippen LogP contribution is -2.40. The molecule has 7 heteroatoms. The Morgan fingerprint density at radius 3 is 2.26 bits per heavy atom. The molecule has 2 N–H and O–H groups in total. The van der Waals surface area contributed by atoms with Gasteiger partial charge in [0.25, 0.3) is 0 Å². The molecule has 0 amide bonds. The summed E-state index contributed by atoms with van der Waals surface area (Å²) in [6.45, 7) is 15.8. The summed E-state index contributed by atoms with van der Waals surface area (Å²) in [4.78, 5) is 16.6. The number of hydrogen-bond donors (Lipinski definition) is 2. The standard InChI is InChI=1S/C24H37N7/c1-17(2)30(18(3)4)15-14-25-22-21-23(31(16-27-21)19(5)6)29-24(28-22)26-13-12-20-10-8-7-9-11-20/h7-11,16-19H,12-15H2,1-6H3,(H2,25,26,28,29). The third-order valence-electron chi connectivity index (χ3n) is 5.51. The van der Waals surface area contributed by atoms with Crippen molar-refractivity contribution in [2.45, 2.75) is 66.1 Å². The first kappa shape index (κ1) is 23.0. The molecule has 0 atom stereocenters. The fourth-order valence-electron chi connectivity index (χ4n) is 3.88. The van der Waals surface area contributed by atoms with Crippen molar-refractivity contribution >= 4 is 22.9 Å². The predicted octanol–water partition coefficient (Wildman–Crippen LogP) is 4.59. The zero-order valence-corrected chi connectivity index (χ0v) is 19.8. The van der Waals surface area contributed by atoms with Gasteiger partial charge in [-0.3, -0.25) is 4.90 Å². The molecule has 0 aliphatic rings. The van der Waals surface area contributed by atoms with Crippen LogP contribution in [0.3, 0.4) is 0 Å². The van der Waals surface area contributed by atoms with E-state index in [2.05, 4.69) is 90.9 Å². The first-order chi connectivity index (χ1) is 14.9. The number of hydrogen-bond acceptors (Lipinski definition) is 6. The molecule has 0 aliphatic heterocycles. The molecule has 3 rings (SSSR count). The van der Waals surface area contributed by atoms with Gasteiger partial charge in [-0.25, -0.2) is 4.98 Å². The number of nitrogens with zero attached hydrogens (tertiary/aromatic N) is 5. The molecular formula is C24H37N7. The highest BCUT2D eigenvalue weighted by atomic mass is 15.2. The van der Waals surface area contributed by atoms with Gasteiger partial charge in [0.15, 0.2) is 17.0 Å². The normalized spacial score (nSPS) is 11.9. The first-order valence-corrected chi connectivity index (χ1v) is 11.4. The molecular weight excluding hydrogens is 386 g/mol. The lowest BCUT2D eigenvalue weighted by atomic mass is 10.1. The molecule has 0 saturated heterocycles. The van der Waals surface area contributed by atoms with E-state index >= 15 is 0 Å². The maximum absolute atomic E-state index is 4.78. The number of anilines is 2. The molecule has 0 fully saturated rings. The van der Waals surface area contributed by atoms with Gasteiger partial charge >= 0.3 is 0 Å². The highest BCUT2D eigenvalue weighted by Gasteiger charge is 2.16. The fourth-order valence-corrected chi connectivity index (χ4v) is 3.88. The summed E-state index contributed by atoms with van der Waals surface area (Å²) in [7, 11) is 0. The summed E-state index contributed by atoms with van der Waals surface area (Å²) < 4.78 is 2.10. The van der Waals surface area contributed by atoms with Crippen LogP contribution in [0.1, 0.15) is 53.1 Å². The molecule has 2 aromatic heterocycles. The molecule has 0 unspecified atom stereocenters. The topological polar surface area (TPSA) is 70.9 Å². The Kier molecular flexibility index (Phi) is 7.85. The third-order valence-corrected chi connectivity index (χ3v) is 5.51. The van der Waals surface area contributed by atoms with Crippen LogP contribution in [0.2, 0.25) is 0 Å². The second-order valence-corrected chi connectivity index (χ2v) is 8.83. The largest absolute Gasteiger partial charge is 0.367 e. The molecule has 3 aromatic rings. The molecule has 0 radical (unpaired) electrons. The van der Waals surface area contributed by atoms with Crippen LogP contribution in [0.15, 0.2) is 36.7 Å². The monoisotopic (exact) mass is 423 g/mol. The number of benzene rings is 1. The van der Waals surface area contributed by atoms with Gasteiger partial charge in [-0.15, -0.1) is 0 Å². The summed E-state index contributed by atoms with van der Waals surface area (Å²) >= 11 is 0. The van der Waals surface area contributed by atoms with Crippen molar-refractivity contribution in [1.29, 1.82) is 0 Å². The summed E-state index contributed by atoms with van der Waals surface area (Å²) in [6, 6.07) is 11.7. The van der Waals surface area contributed by atoms with E-state index in [1.165, 1.54) is 5.56 Å². The third kappa shape index (κ3) is 5.94. The van der Waals surface area contributed by atoms with E-state index in [1.807, 2.05) is 12.4 Å². The van der Waals surface area contributed by atoms with Crippen molar-refractivity contribution in [3.63, 3.8) is 0 Å². The van der Waals surface area contributed by atoms with Crippen LogP contribution >= 0.6 is 0 Å². The minimum Gasteiger partial charge on any atom is -0.367 e. The quantitative estimate of drug-likeness (QED) is 0.470. The second-order valence-electron chi connectivity index (χ2n) is 8.83. The Balaban J connectivity index is 1.76. The summed E-state index contributed by atoms with van der Waals surface area (Å²) in [6.07, 6.45) is 2.78. The molecule has 1 aromatic carbocycles. The lowest BCUT2D eigenvalue weighted by Gasteiger charge is -2.30. The molecule has 0 bridgehead atoms. The van der Waals surface area contributed by atoms with Crippen LogP contribution in [0, 0.1) is 0 Å². The van der Waals surface area contributed by atoms with E-state index in [0.29, 0.717) is 18.0 Å². The van der Waals surface area contributed by atoms with E-state index < -0.39 is 0 Å². The predicted molar refractivity (Wildman–Crippen MR) is 130 cm³/mol. The van der Waals surface area contributed by atoms with E-state index in [-0.39, 0.29) is 6.04 Å². The van der Waals surface area contributed by atoms with Gasteiger partial charge in [0, 0.05) is 37.8 Å². The van der Waals surface area contributed by atoms with Crippen molar-refractivity contribution in [2.75, 3.05) is 30.3 Å². The van der Waals surface area contributed by atoms with E-state index in [4.69, 9.17) is 9.97 Å². The van der Waals surface area contributed by atoms with Gasteiger partial charge in [-0.1, -0.05) is 30.3 Å². The van der Waals surface area contributed by atoms with Crippen molar-refractivity contribution in [2.24, 2.45) is 0 Å². The van der Waals surface area contributed by atoms with E-state index in [9.17, 15) is 0 Å². The highest BCUT2D eigenvalue weighted by Crippen LogP contribution is 2.23. The molecule has 31 heavy (non-hydrogen) atoms. The van der Waals surface area contributed by atoms with Crippen molar-refractivity contribution in [3.8, 4) is 0 Å². The molecule has 0 spiro atoms. The first-order valence-electron chi connectivity index (χ1n) is 11.4. The van der Waals surface area contributed by atoms with Crippen LogP contribution in [-0.2, 0) is 6.42 Å². The lowest BCUT2D eigenvalue weighted by molar-refractivity contribution is 0.182. The summed E-state index contributed by atoms with van der Waals surface area (Å²) in [5.74, 6) is 1.43. The minimum absolute atomic E-state index is 0.280. The number of aromatic nitrogens is 4. The number of imidazole rings is 1. The molecule has 0 aliphatic carbocycles. The Labute approximate surface area is 186 Å². The number of rotatable bonds is 11. The van der Waals surface area contributed by atoms with Crippen molar-refractivity contribution in [3.05, 3.63) is 42.2 Å². The second kappa shape index (κ2) is 10.6. The van der Waals surface area contributed by atoms with Gasteiger partial charge < -0.3 is 15.2 Å². The van der Waals surface area contributed by atoms with Gasteiger partial charge in [0.05, 0.1) is 6.33 Å². The van der Waals surface area contributed by atoms with Crippen LogP contribution in [0.5, 0.6) is 0 Å². The van der Waals surface area contributed by atoms with Gasteiger partial charge in [-0.05, 0) is 53.5 Å². The minimum atomic E-state index is 0.280. The maximum Gasteiger partial charge on any atom is 0.226 e. The Bertz CT molecular complexity index is 939. The number of fused-ring (bicyclic) bond motifs is 1. The van der Waals surface area contributed by atoms with E-state index in [1.54, 1.807) is 0 Å². The van der Waals surface area contributed by atoms with Gasteiger partial charge in [-0.2, -0.15) is 9.97 Å². The van der Waals surface area contributed by atoms with Crippen molar-refractivity contribution < 1.29 is 0 Å². The average molecular weight is 424 g/mol. The Morgan fingerprint density at radius 2 is 1.61 bits per heavy atom. The number of nitrogens with one attached hydrogen (secondary N) is 2. The van der Waals surface area contributed by atoms with Crippen LogP contribution in [0.25, 0.3) is 11.2 Å². The van der Waals surface area contributed by atoms with Crippen molar-refractivity contribution in [1.82, 2.24) is 24.4 Å². The fraction of sp³-hybridized carbons (Fsp3) is 0.542. The SMILES string of the molecule is CC(C)N(CCNc1nc(NCCc2ccccc2)nc2c1ncn2C(C)C)C(C)C. The maximum atomic E-state index is 4.78. The Hall–Kier alpha value is -2.67. The van der Waals surface area contributed by atoms with Crippen LogP contribution < -0.4 is 10.6 Å². The van der Waals surface area contributed by atoms with Gasteiger partial charge in [0.1, 0.15) is 0 Å². The summed E-state index contributed by atoms with van der Waals surface area (Å²) in [5, 5.41) is 6.92. The van der Waals surface area contributed by atoms with Gasteiger partial charge in [0.2, 0.25) is 5.95 Å². The zero-order chi connectivity index (χ0) is 22.4. The average Bonchev–Trinajstić information content (AvgIpc) is 3.16. The van der Waals surface area contributed by atoms with Crippen LogP contribution in [0.4, 0.5) is 11.8 Å². The molecule has 168 valence electrons. The summed E-state index contributed by atoms with van der Waals surface area (Å²) in [5.41, 5.74) is 2.98. The highest BCUT2D eigenvalue weighted by molar-refractivity contribution is 5.84. The van der Waals surface area contributed by atoms with E-state index in [0.717, 1.165) is 43.0 Å². The zero-order valence-electron chi connectivity index (χ0n) is 19.8. The molecule has 0 saturated carbocycles. The molecule has 7 nitrogen and oxygen atoms in total. The molecule has 2 heterocycles.